The Kier molecular flexibility index (Phi) is 8.00. The molecule has 1 aliphatic rings. The number of amides is 1. The molecule has 4 heteroatoms. The van der Waals surface area contributed by atoms with Gasteiger partial charge in [0.25, 0.3) is 0 Å². The minimum atomic E-state index is -0.147. The average Bonchev–Trinajstić information content (AvgIpc) is 3.47. The zero-order valence-corrected chi connectivity index (χ0v) is 22.9. The van der Waals surface area contributed by atoms with Gasteiger partial charge in [-0.2, -0.15) is 0 Å². The van der Waals surface area contributed by atoms with E-state index in [-0.39, 0.29) is 11.8 Å². The molecule has 0 saturated carbocycles. The van der Waals surface area contributed by atoms with Crippen LogP contribution in [0.3, 0.4) is 0 Å². The van der Waals surface area contributed by atoms with E-state index in [9.17, 15) is 4.79 Å². The first-order chi connectivity index (χ1) is 20.2. The maximum Gasteiger partial charge on any atom is 0.248 e. The van der Waals surface area contributed by atoms with Crippen LogP contribution < -0.4 is 5.32 Å². The van der Waals surface area contributed by atoms with Crippen LogP contribution in [0.15, 0.2) is 132 Å². The van der Waals surface area contributed by atoms with E-state index in [0.717, 1.165) is 65.1 Å². The van der Waals surface area contributed by atoms with E-state index >= 15 is 0 Å². The topological polar surface area (TPSA) is 55.1 Å². The lowest BCUT2D eigenvalue weighted by Gasteiger charge is -2.22. The van der Waals surface area contributed by atoms with E-state index in [1.54, 1.807) is 6.08 Å². The van der Waals surface area contributed by atoms with Crippen molar-refractivity contribution in [3.63, 3.8) is 0 Å². The van der Waals surface area contributed by atoms with Gasteiger partial charge < -0.3 is 9.73 Å². The number of allylic oxidation sites excluding steroid dienone is 2. The number of rotatable bonds is 8. The lowest BCUT2D eigenvalue weighted by Crippen LogP contribution is -2.12. The van der Waals surface area contributed by atoms with Crippen LogP contribution in [0, 0.1) is 5.92 Å². The molecule has 1 heterocycles. The Morgan fingerprint density at radius 2 is 1.56 bits per heavy atom. The molecular formula is C37H32N2O2. The van der Waals surface area contributed by atoms with E-state index in [1.807, 2.05) is 84.9 Å². The third kappa shape index (κ3) is 6.44. The second-order valence-corrected chi connectivity index (χ2v) is 10.4. The predicted molar refractivity (Wildman–Crippen MR) is 167 cm³/mol. The SMILES string of the molecule is O=C(C=Cc1ccccc1)Nc1cccc(CC2CCCC=C2c2nc(-c3ccccc3)c(-c3ccccc3)o2)c1. The zero-order valence-electron chi connectivity index (χ0n) is 22.9. The molecular weight excluding hydrogens is 504 g/mol. The van der Waals surface area contributed by atoms with Crippen LogP contribution >= 0.6 is 0 Å². The Morgan fingerprint density at radius 1 is 0.854 bits per heavy atom. The molecule has 0 fully saturated rings. The van der Waals surface area contributed by atoms with E-state index < -0.39 is 0 Å². The molecule has 1 N–H and O–H groups in total. The molecule has 0 radical (unpaired) electrons. The number of anilines is 1. The normalized spacial score (nSPS) is 15.0. The van der Waals surface area contributed by atoms with Crippen molar-refractivity contribution in [1.82, 2.24) is 4.98 Å². The second kappa shape index (κ2) is 12.5. The average molecular weight is 537 g/mol. The molecule has 1 unspecified atom stereocenters. The summed E-state index contributed by atoms with van der Waals surface area (Å²) >= 11 is 0. The van der Waals surface area contributed by atoms with Crippen LogP contribution in [0.4, 0.5) is 5.69 Å². The molecule has 0 bridgehead atoms. The number of carbonyl (C=O) groups is 1. The van der Waals surface area contributed by atoms with Crippen LogP contribution in [0.2, 0.25) is 0 Å². The lowest BCUT2D eigenvalue weighted by atomic mass is 9.83. The number of nitrogens with zero attached hydrogens (tertiary/aromatic N) is 1. The van der Waals surface area contributed by atoms with Gasteiger partial charge in [-0.15, -0.1) is 0 Å². The maximum absolute atomic E-state index is 12.6. The Hall–Kier alpha value is -4.96. The van der Waals surface area contributed by atoms with Gasteiger partial charge in [0.05, 0.1) is 0 Å². The highest BCUT2D eigenvalue weighted by Crippen LogP contribution is 2.40. The Bertz CT molecular complexity index is 1610. The van der Waals surface area contributed by atoms with Crippen LogP contribution in [0.1, 0.15) is 36.3 Å². The second-order valence-electron chi connectivity index (χ2n) is 10.4. The fraction of sp³-hybridized carbons (Fsp3) is 0.135. The van der Waals surface area contributed by atoms with Gasteiger partial charge in [0.15, 0.2) is 5.76 Å². The van der Waals surface area contributed by atoms with Crippen molar-refractivity contribution >= 4 is 23.2 Å². The molecule has 1 aliphatic carbocycles. The molecule has 4 nitrogen and oxygen atoms in total. The highest BCUT2D eigenvalue weighted by molar-refractivity contribution is 6.02. The van der Waals surface area contributed by atoms with Gasteiger partial charge in [0, 0.05) is 28.5 Å². The smallest absolute Gasteiger partial charge is 0.248 e. The summed E-state index contributed by atoms with van der Waals surface area (Å²) < 4.78 is 6.56. The molecule has 5 aromatic rings. The van der Waals surface area contributed by atoms with Gasteiger partial charge in [0.1, 0.15) is 5.69 Å². The minimum Gasteiger partial charge on any atom is -0.436 e. The quantitative estimate of drug-likeness (QED) is 0.201. The highest BCUT2D eigenvalue weighted by atomic mass is 16.4. The standard InChI is InChI=1S/C37H32N2O2/c40-34(24-23-27-13-4-1-5-14-27)38-32-21-12-15-28(26-32)25-31-20-10-11-22-33(31)37-39-35(29-16-6-2-7-17-29)36(41-37)30-18-8-3-9-19-30/h1-9,12-19,21-24,26,31H,10-11,20,25H2,(H,38,40). The number of benzene rings is 4. The number of carbonyl (C=O) groups excluding carboxylic acids is 1. The summed E-state index contributed by atoms with van der Waals surface area (Å²) in [5.74, 6) is 1.62. The number of hydrogen-bond acceptors (Lipinski definition) is 3. The van der Waals surface area contributed by atoms with Gasteiger partial charge in [0.2, 0.25) is 11.8 Å². The van der Waals surface area contributed by atoms with Crippen molar-refractivity contribution in [2.75, 3.05) is 5.32 Å². The van der Waals surface area contributed by atoms with Crippen molar-refractivity contribution in [2.24, 2.45) is 5.92 Å². The van der Waals surface area contributed by atoms with Crippen molar-refractivity contribution < 1.29 is 9.21 Å². The molecule has 1 atom stereocenters. The maximum atomic E-state index is 12.6. The number of hydrogen-bond donors (Lipinski definition) is 1. The fourth-order valence-corrected chi connectivity index (χ4v) is 5.42. The molecule has 1 amide bonds. The van der Waals surface area contributed by atoms with Crippen LogP contribution in [-0.4, -0.2) is 10.9 Å². The molecule has 41 heavy (non-hydrogen) atoms. The lowest BCUT2D eigenvalue weighted by molar-refractivity contribution is -0.111. The number of oxazole rings is 1. The third-order valence-electron chi connectivity index (χ3n) is 7.42. The zero-order chi connectivity index (χ0) is 27.9. The molecule has 0 aliphatic heterocycles. The van der Waals surface area contributed by atoms with Gasteiger partial charge in [-0.25, -0.2) is 4.98 Å². The number of nitrogens with one attached hydrogen (secondary N) is 1. The summed E-state index contributed by atoms with van der Waals surface area (Å²) in [6.45, 7) is 0. The molecule has 202 valence electrons. The minimum absolute atomic E-state index is 0.147. The Labute approximate surface area is 241 Å². The third-order valence-corrected chi connectivity index (χ3v) is 7.42. The van der Waals surface area contributed by atoms with E-state index in [2.05, 4.69) is 47.8 Å². The van der Waals surface area contributed by atoms with E-state index in [0.29, 0.717) is 5.89 Å². The van der Waals surface area contributed by atoms with Crippen molar-refractivity contribution in [3.05, 3.63) is 144 Å². The van der Waals surface area contributed by atoms with Crippen LogP contribution in [0.25, 0.3) is 34.2 Å². The first kappa shape index (κ1) is 26.3. The summed E-state index contributed by atoms with van der Waals surface area (Å²) in [5, 5.41) is 3.01. The van der Waals surface area contributed by atoms with Crippen molar-refractivity contribution in [3.8, 4) is 22.6 Å². The molecule has 0 saturated heterocycles. The summed E-state index contributed by atoms with van der Waals surface area (Å²) in [6.07, 6.45) is 9.74. The summed E-state index contributed by atoms with van der Waals surface area (Å²) in [6, 6.07) is 38.4. The molecule has 6 rings (SSSR count). The van der Waals surface area contributed by atoms with Gasteiger partial charge >= 0.3 is 0 Å². The van der Waals surface area contributed by atoms with Gasteiger partial charge in [-0.05, 0) is 60.9 Å². The molecule has 1 aromatic heterocycles. The van der Waals surface area contributed by atoms with Crippen LogP contribution in [0.5, 0.6) is 0 Å². The monoisotopic (exact) mass is 536 g/mol. The summed E-state index contributed by atoms with van der Waals surface area (Å²) in [4.78, 5) is 17.6. The first-order valence-corrected chi connectivity index (χ1v) is 14.2. The molecule has 4 aromatic carbocycles. The van der Waals surface area contributed by atoms with Crippen LogP contribution in [-0.2, 0) is 11.2 Å². The van der Waals surface area contributed by atoms with Gasteiger partial charge in [-0.3, -0.25) is 4.79 Å². The van der Waals surface area contributed by atoms with Gasteiger partial charge in [-0.1, -0.05) is 109 Å². The Balaban J connectivity index is 1.23. The predicted octanol–water partition coefficient (Wildman–Crippen LogP) is 9.09. The van der Waals surface area contributed by atoms with E-state index in [4.69, 9.17) is 9.40 Å². The van der Waals surface area contributed by atoms with E-state index in [1.165, 1.54) is 5.56 Å². The molecule has 0 spiro atoms. The first-order valence-electron chi connectivity index (χ1n) is 14.2. The summed E-state index contributed by atoms with van der Waals surface area (Å²) in [7, 11) is 0. The summed E-state index contributed by atoms with van der Waals surface area (Å²) in [5.41, 5.74) is 7.04. The fourth-order valence-electron chi connectivity index (χ4n) is 5.42. The highest BCUT2D eigenvalue weighted by Gasteiger charge is 2.26. The number of aromatic nitrogens is 1. The largest absolute Gasteiger partial charge is 0.436 e. The Morgan fingerprint density at radius 3 is 2.32 bits per heavy atom. The van der Waals surface area contributed by atoms with Crippen molar-refractivity contribution in [2.45, 2.75) is 25.7 Å². The van der Waals surface area contributed by atoms with Crippen molar-refractivity contribution in [1.29, 1.82) is 0 Å².